The van der Waals surface area contributed by atoms with Gasteiger partial charge in [-0.1, -0.05) is 49.4 Å². The minimum atomic E-state index is -1.07. The quantitative estimate of drug-likeness (QED) is 0.254. The van der Waals surface area contributed by atoms with Gasteiger partial charge in [0.25, 0.3) is 5.91 Å². The lowest BCUT2D eigenvalue weighted by Crippen LogP contribution is -2.50. The molecule has 1 fully saturated rings. The molecule has 1 saturated heterocycles. The van der Waals surface area contributed by atoms with E-state index in [4.69, 9.17) is 9.84 Å². The highest BCUT2D eigenvalue weighted by molar-refractivity contribution is 14.1. The highest BCUT2D eigenvalue weighted by Gasteiger charge is 2.47. The molecule has 3 aromatic carbocycles. The Labute approximate surface area is 222 Å². The maximum atomic E-state index is 13.6. The number of nitrogens with zero attached hydrogens (tertiary/aromatic N) is 1. The Morgan fingerprint density at radius 3 is 2.36 bits per heavy atom. The van der Waals surface area contributed by atoms with Crippen molar-refractivity contribution in [1.29, 1.82) is 0 Å². The van der Waals surface area contributed by atoms with Crippen LogP contribution in [0.5, 0.6) is 5.75 Å². The average Bonchev–Trinajstić information content (AvgIpc) is 3.18. The van der Waals surface area contributed by atoms with Crippen molar-refractivity contribution in [1.82, 2.24) is 10.2 Å². The topological polar surface area (TPSA) is 108 Å². The van der Waals surface area contributed by atoms with Crippen molar-refractivity contribution in [2.24, 2.45) is 0 Å². The van der Waals surface area contributed by atoms with Gasteiger partial charge in [0.05, 0.1) is 6.61 Å². The van der Waals surface area contributed by atoms with Gasteiger partial charge in [-0.15, -0.1) is 0 Å². The molecule has 0 saturated carbocycles. The predicted octanol–water partition coefficient (Wildman–Crippen LogP) is 4.07. The zero-order valence-electron chi connectivity index (χ0n) is 19.6. The number of hydrogen-bond acceptors (Lipinski definition) is 5. The molecule has 1 aliphatic rings. The fourth-order valence-electron chi connectivity index (χ4n) is 4.16. The van der Waals surface area contributed by atoms with Gasteiger partial charge in [0, 0.05) is 15.2 Å². The molecule has 8 nitrogen and oxygen atoms in total. The molecule has 1 aliphatic heterocycles. The first kappa shape index (κ1) is 25.6. The van der Waals surface area contributed by atoms with Crippen molar-refractivity contribution >= 4 is 46.1 Å². The monoisotopic (exact) mass is 599 g/mol. The number of aliphatic hydroxyl groups is 1. The predicted molar refractivity (Wildman–Crippen MR) is 144 cm³/mol. The van der Waals surface area contributed by atoms with Gasteiger partial charge in [-0.25, -0.2) is 9.69 Å². The number of rotatable bonds is 9. The van der Waals surface area contributed by atoms with Crippen LogP contribution in [0.4, 0.5) is 10.5 Å². The Morgan fingerprint density at radius 1 is 1.06 bits per heavy atom. The fraction of sp³-hybridized carbons (Fsp3) is 0.222. The number of amides is 4. The lowest BCUT2D eigenvalue weighted by atomic mass is 9.91. The molecule has 9 heteroatoms. The first-order chi connectivity index (χ1) is 17.4. The highest BCUT2D eigenvalue weighted by atomic mass is 127. The molecule has 4 amide bonds. The summed E-state index contributed by atoms with van der Waals surface area (Å²) in [5.41, 5.74) is 1.97. The first-order valence-electron chi connectivity index (χ1n) is 11.5. The fourth-order valence-corrected chi connectivity index (χ4v) is 4.52. The number of nitrogens with one attached hydrogen (secondary N) is 2. The number of carbonyl (C=O) groups excluding carboxylic acids is 3. The van der Waals surface area contributed by atoms with Crippen molar-refractivity contribution in [3.05, 3.63) is 93.6 Å². The molecule has 1 heterocycles. The van der Waals surface area contributed by atoms with Gasteiger partial charge in [0.1, 0.15) is 24.4 Å². The molecule has 3 N–H and O–H groups in total. The maximum Gasteiger partial charge on any atom is 0.325 e. The molecular formula is C27H26IN3O5. The van der Waals surface area contributed by atoms with Crippen LogP contribution in [0.2, 0.25) is 0 Å². The van der Waals surface area contributed by atoms with Crippen LogP contribution in [-0.2, 0) is 9.59 Å². The zero-order chi connectivity index (χ0) is 25.7. The van der Waals surface area contributed by atoms with E-state index < -0.39 is 35.8 Å². The van der Waals surface area contributed by atoms with Gasteiger partial charge in [0.2, 0.25) is 5.91 Å². The Hall–Kier alpha value is -3.44. The number of halogens is 1. The second-order valence-electron chi connectivity index (χ2n) is 8.37. The minimum absolute atomic E-state index is 0.112. The van der Waals surface area contributed by atoms with Crippen LogP contribution in [0.1, 0.15) is 30.0 Å². The molecule has 0 spiro atoms. The lowest BCUT2D eigenvalue weighted by Gasteiger charge is -2.30. The van der Waals surface area contributed by atoms with E-state index in [1.54, 1.807) is 36.4 Å². The Kier molecular flexibility index (Phi) is 8.21. The summed E-state index contributed by atoms with van der Waals surface area (Å²) in [5.74, 6) is -0.884. The summed E-state index contributed by atoms with van der Waals surface area (Å²) in [6.07, 6.45) is 0. The van der Waals surface area contributed by atoms with Crippen LogP contribution < -0.4 is 15.4 Å². The minimum Gasteiger partial charge on any atom is -0.491 e. The molecular weight excluding hydrogens is 573 g/mol. The number of anilines is 1. The third-order valence-corrected chi connectivity index (χ3v) is 6.72. The summed E-state index contributed by atoms with van der Waals surface area (Å²) in [4.78, 5) is 41.2. The summed E-state index contributed by atoms with van der Waals surface area (Å²) in [6, 6.07) is 20.7. The summed E-state index contributed by atoms with van der Waals surface area (Å²) in [7, 11) is 0. The average molecular weight is 599 g/mol. The van der Waals surface area contributed by atoms with Gasteiger partial charge in [-0.05, 0) is 70.1 Å². The van der Waals surface area contributed by atoms with Gasteiger partial charge < -0.3 is 20.5 Å². The van der Waals surface area contributed by atoms with Gasteiger partial charge in [0.15, 0.2) is 0 Å². The SMILES string of the molecule is C[C@@H](c1ccccc1)[C@@H](C(=O)Nc1ccc(I)cc1)N1C(=O)N[C@H](c2ccc(OCCO)cc2)C1=O. The Morgan fingerprint density at radius 2 is 1.72 bits per heavy atom. The van der Waals surface area contributed by atoms with Crippen molar-refractivity contribution in [3.63, 3.8) is 0 Å². The van der Waals surface area contributed by atoms with Gasteiger partial charge >= 0.3 is 6.03 Å². The van der Waals surface area contributed by atoms with Crippen LogP contribution in [-0.4, -0.2) is 47.1 Å². The molecule has 3 aromatic rings. The van der Waals surface area contributed by atoms with Crippen LogP contribution in [0.3, 0.4) is 0 Å². The molecule has 4 rings (SSSR count). The number of aliphatic hydroxyl groups excluding tert-OH is 1. The smallest absolute Gasteiger partial charge is 0.325 e. The van der Waals surface area contributed by atoms with Crippen molar-refractivity contribution in [3.8, 4) is 5.75 Å². The van der Waals surface area contributed by atoms with Crippen LogP contribution in [0.15, 0.2) is 78.9 Å². The highest BCUT2D eigenvalue weighted by Crippen LogP contribution is 2.31. The molecule has 186 valence electrons. The molecule has 0 radical (unpaired) electrons. The van der Waals surface area contributed by atoms with E-state index in [1.807, 2.05) is 49.4 Å². The van der Waals surface area contributed by atoms with Crippen molar-refractivity contribution in [2.45, 2.75) is 24.9 Å². The number of imide groups is 1. The largest absolute Gasteiger partial charge is 0.491 e. The van der Waals surface area contributed by atoms with Crippen LogP contribution >= 0.6 is 22.6 Å². The number of hydrogen-bond donors (Lipinski definition) is 3. The summed E-state index contributed by atoms with van der Waals surface area (Å²) in [6.45, 7) is 1.87. The van der Waals surface area contributed by atoms with Crippen LogP contribution in [0, 0.1) is 3.57 Å². The molecule has 0 aliphatic carbocycles. The van der Waals surface area contributed by atoms with Crippen molar-refractivity contribution < 1.29 is 24.2 Å². The Bertz CT molecular complexity index is 1220. The zero-order valence-corrected chi connectivity index (χ0v) is 21.7. The third kappa shape index (κ3) is 5.68. The summed E-state index contributed by atoms with van der Waals surface area (Å²) in [5, 5.41) is 14.5. The molecule has 0 aromatic heterocycles. The third-order valence-electron chi connectivity index (χ3n) is 6.00. The summed E-state index contributed by atoms with van der Waals surface area (Å²) >= 11 is 2.18. The number of benzene rings is 3. The van der Waals surface area contributed by atoms with E-state index in [2.05, 4.69) is 33.2 Å². The summed E-state index contributed by atoms with van der Waals surface area (Å²) < 4.78 is 6.39. The molecule has 0 unspecified atom stereocenters. The van der Waals surface area contributed by atoms with E-state index in [9.17, 15) is 14.4 Å². The van der Waals surface area contributed by atoms with Crippen molar-refractivity contribution in [2.75, 3.05) is 18.5 Å². The first-order valence-corrected chi connectivity index (χ1v) is 12.6. The normalized spacial score (nSPS) is 16.9. The van der Waals surface area contributed by atoms with Gasteiger partial charge in [-0.2, -0.15) is 0 Å². The van der Waals surface area contributed by atoms with Crippen LogP contribution in [0.25, 0.3) is 0 Å². The lowest BCUT2D eigenvalue weighted by molar-refractivity contribution is -0.134. The second kappa shape index (κ2) is 11.5. The number of urea groups is 1. The number of carbonyl (C=O) groups is 3. The molecule has 3 atom stereocenters. The van der Waals surface area contributed by atoms with E-state index in [1.165, 1.54) is 0 Å². The van der Waals surface area contributed by atoms with E-state index in [0.29, 0.717) is 17.0 Å². The van der Waals surface area contributed by atoms with E-state index in [0.717, 1.165) is 14.0 Å². The number of ether oxygens (including phenoxy) is 1. The maximum absolute atomic E-state index is 13.6. The molecule has 36 heavy (non-hydrogen) atoms. The standard InChI is InChI=1S/C27H26IN3O5/c1-17(18-5-3-2-4-6-18)24(25(33)29-21-11-9-20(28)10-12-21)31-26(34)23(30-27(31)35)19-7-13-22(14-8-19)36-16-15-32/h2-14,17,23-24,32H,15-16H2,1H3,(H,29,33)(H,30,35)/t17-,23+,24-/m0/s1. The Balaban J connectivity index is 1.62. The van der Waals surface area contributed by atoms with Gasteiger partial charge in [-0.3, -0.25) is 9.59 Å². The molecule has 0 bridgehead atoms. The second-order valence-corrected chi connectivity index (χ2v) is 9.62. The van der Waals surface area contributed by atoms with E-state index in [-0.39, 0.29) is 13.2 Å². The van der Waals surface area contributed by atoms with E-state index >= 15 is 0 Å².